The summed E-state index contributed by atoms with van der Waals surface area (Å²) >= 11 is 0. The Labute approximate surface area is 218 Å². The van der Waals surface area contributed by atoms with Crippen molar-refractivity contribution in [1.82, 2.24) is 5.32 Å². The van der Waals surface area contributed by atoms with Crippen LogP contribution in [0.15, 0.2) is 66.7 Å². The fourth-order valence-corrected chi connectivity index (χ4v) is 3.51. The molecule has 218 valence electrons. The zero-order valence-corrected chi connectivity index (χ0v) is 19.6. The van der Waals surface area contributed by atoms with Crippen molar-refractivity contribution < 1.29 is 62.5 Å². The highest BCUT2D eigenvalue weighted by Crippen LogP contribution is 2.45. The van der Waals surface area contributed by atoms with E-state index in [1.165, 1.54) is 6.07 Å². The maximum Gasteiger partial charge on any atom is 0.458 e. The van der Waals surface area contributed by atoms with Crippen molar-refractivity contribution in [2.45, 2.75) is 36.6 Å². The fourth-order valence-electron chi connectivity index (χ4n) is 3.51. The van der Waals surface area contributed by atoms with Crippen LogP contribution in [0.2, 0.25) is 0 Å². The Morgan fingerprint density at radius 1 is 0.725 bits per heavy atom. The van der Waals surface area contributed by atoms with Crippen LogP contribution in [0.25, 0.3) is 0 Å². The highest BCUT2D eigenvalue weighted by Gasteiger charge is 2.58. The third kappa shape index (κ3) is 7.18. The van der Waals surface area contributed by atoms with Crippen molar-refractivity contribution in [3.05, 3.63) is 94.8 Å². The van der Waals surface area contributed by atoms with Gasteiger partial charge in [-0.05, 0) is 48.0 Å². The van der Waals surface area contributed by atoms with Crippen molar-refractivity contribution in [1.29, 1.82) is 0 Å². The molecular formula is C25H17F12NO2. The van der Waals surface area contributed by atoms with Gasteiger partial charge in [0.25, 0.3) is 0 Å². The molecule has 0 heterocycles. The maximum atomic E-state index is 14.7. The summed E-state index contributed by atoms with van der Waals surface area (Å²) in [6, 6.07) is 6.68. The molecule has 3 nitrogen and oxygen atoms in total. The molecule has 2 N–H and O–H groups in total. The van der Waals surface area contributed by atoms with E-state index in [0.29, 0.717) is 30.3 Å². The molecule has 0 saturated heterocycles. The second kappa shape index (κ2) is 11.2. The Balaban J connectivity index is 2.01. The van der Waals surface area contributed by atoms with Crippen molar-refractivity contribution in [3.8, 4) is 11.5 Å². The van der Waals surface area contributed by atoms with Gasteiger partial charge in [0.05, 0.1) is 11.6 Å². The highest BCUT2D eigenvalue weighted by molar-refractivity contribution is 5.42. The lowest BCUT2D eigenvalue weighted by Gasteiger charge is -2.24. The van der Waals surface area contributed by atoms with Gasteiger partial charge >= 0.3 is 24.5 Å². The fraction of sp³-hybridized carbons (Fsp3) is 0.280. The summed E-state index contributed by atoms with van der Waals surface area (Å²) < 4.78 is 164. The Bertz CT molecular complexity index is 1320. The van der Waals surface area contributed by atoms with Crippen molar-refractivity contribution >= 4 is 0 Å². The van der Waals surface area contributed by atoms with E-state index in [1.54, 1.807) is 0 Å². The normalized spacial score (nSPS) is 14.6. The van der Waals surface area contributed by atoms with Gasteiger partial charge in [0, 0.05) is 17.7 Å². The molecule has 2 atom stereocenters. The number of hydrogen-bond acceptors (Lipinski definition) is 3. The standard InChI is InChI=1S/C25H17F12NO2/c26-19-8-7-15(23(29,30)31)11-18(19)21(38-12-20(39)24(32,33)34)13-3-1-5-16(9-13)40-17-6-2-4-14(10-17)22(27,28)25(35,36)37/h1-11,20-21,38-39H,12H2/t20-,21?/m1/s1. The maximum absolute atomic E-state index is 14.7. The lowest BCUT2D eigenvalue weighted by molar-refractivity contribution is -0.289. The summed E-state index contributed by atoms with van der Waals surface area (Å²) in [7, 11) is 0. The summed E-state index contributed by atoms with van der Waals surface area (Å²) in [5, 5.41) is 11.5. The van der Waals surface area contributed by atoms with Crippen LogP contribution in [0.5, 0.6) is 11.5 Å². The van der Waals surface area contributed by atoms with E-state index in [1.807, 2.05) is 0 Å². The summed E-state index contributed by atoms with van der Waals surface area (Å²) in [6.07, 6.45) is -19.0. The van der Waals surface area contributed by atoms with Gasteiger partial charge in [-0.1, -0.05) is 24.3 Å². The van der Waals surface area contributed by atoms with Gasteiger partial charge in [-0.2, -0.15) is 48.3 Å². The van der Waals surface area contributed by atoms with E-state index >= 15 is 0 Å². The number of aliphatic hydroxyl groups excluding tert-OH is 1. The molecule has 0 fully saturated rings. The number of ether oxygens (including phenoxy) is 1. The Morgan fingerprint density at radius 3 is 1.90 bits per heavy atom. The summed E-state index contributed by atoms with van der Waals surface area (Å²) in [4.78, 5) is 0. The number of aliphatic hydroxyl groups is 1. The molecule has 3 aromatic carbocycles. The van der Waals surface area contributed by atoms with Crippen LogP contribution in [-0.2, 0) is 12.1 Å². The Kier molecular flexibility index (Phi) is 8.70. The van der Waals surface area contributed by atoms with Crippen molar-refractivity contribution in [2.75, 3.05) is 6.54 Å². The molecule has 0 saturated carbocycles. The largest absolute Gasteiger partial charge is 0.458 e. The van der Waals surface area contributed by atoms with E-state index in [-0.39, 0.29) is 11.3 Å². The minimum absolute atomic E-state index is 0.193. The molecule has 0 aromatic heterocycles. The second-order valence-corrected chi connectivity index (χ2v) is 8.41. The van der Waals surface area contributed by atoms with Gasteiger partial charge < -0.3 is 15.2 Å². The quantitative estimate of drug-likeness (QED) is 0.262. The van der Waals surface area contributed by atoms with Gasteiger partial charge in [-0.15, -0.1) is 0 Å². The predicted octanol–water partition coefficient (Wildman–Crippen LogP) is 7.89. The highest BCUT2D eigenvalue weighted by atomic mass is 19.4. The van der Waals surface area contributed by atoms with Crippen LogP contribution in [-0.4, -0.2) is 30.1 Å². The minimum atomic E-state index is -5.92. The lowest BCUT2D eigenvalue weighted by atomic mass is 9.95. The van der Waals surface area contributed by atoms with E-state index in [0.717, 1.165) is 30.3 Å². The van der Waals surface area contributed by atoms with Crippen LogP contribution in [0.1, 0.15) is 28.3 Å². The monoisotopic (exact) mass is 591 g/mol. The van der Waals surface area contributed by atoms with Crippen LogP contribution in [0, 0.1) is 5.82 Å². The molecule has 0 spiro atoms. The summed E-state index contributed by atoms with van der Waals surface area (Å²) in [6.45, 7) is -1.27. The smallest absolute Gasteiger partial charge is 0.457 e. The van der Waals surface area contributed by atoms with Crippen LogP contribution in [0.3, 0.4) is 0 Å². The molecule has 0 radical (unpaired) electrons. The number of alkyl halides is 11. The average molecular weight is 591 g/mol. The summed E-state index contributed by atoms with van der Waals surface area (Å²) in [5.74, 6) is -7.29. The molecule has 0 amide bonds. The third-order valence-electron chi connectivity index (χ3n) is 5.51. The third-order valence-corrected chi connectivity index (χ3v) is 5.51. The van der Waals surface area contributed by atoms with E-state index in [9.17, 15) is 57.8 Å². The number of hydrogen-bond donors (Lipinski definition) is 2. The van der Waals surface area contributed by atoms with E-state index in [4.69, 9.17) is 4.74 Å². The molecule has 0 aliphatic carbocycles. The van der Waals surface area contributed by atoms with Crippen LogP contribution in [0.4, 0.5) is 52.7 Å². The van der Waals surface area contributed by atoms with Crippen LogP contribution < -0.4 is 10.1 Å². The first kappa shape index (κ1) is 31.1. The first-order chi connectivity index (χ1) is 18.3. The molecule has 0 bridgehead atoms. The number of benzene rings is 3. The average Bonchev–Trinajstić information content (AvgIpc) is 2.83. The van der Waals surface area contributed by atoms with E-state index < -0.39 is 71.4 Å². The van der Waals surface area contributed by atoms with E-state index in [2.05, 4.69) is 5.32 Å². The molecule has 3 rings (SSSR count). The Morgan fingerprint density at radius 2 is 1.32 bits per heavy atom. The summed E-state index contributed by atoms with van der Waals surface area (Å²) in [5.41, 5.74) is -3.74. The number of rotatable bonds is 8. The second-order valence-electron chi connectivity index (χ2n) is 8.41. The minimum Gasteiger partial charge on any atom is -0.457 e. The zero-order valence-electron chi connectivity index (χ0n) is 19.6. The number of nitrogens with one attached hydrogen (secondary N) is 1. The SMILES string of the molecule is O[C@H](CNC(c1cccc(Oc2cccc(C(F)(F)C(F)(F)F)c2)c1)c1cc(C(F)(F)F)ccc1F)C(F)(F)F. The first-order valence-electron chi connectivity index (χ1n) is 11.0. The molecule has 0 aliphatic heterocycles. The molecule has 0 aliphatic rings. The Hall–Kier alpha value is -3.46. The first-order valence-corrected chi connectivity index (χ1v) is 11.0. The topological polar surface area (TPSA) is 41.5 Å². The molecule has 40 heavy (non-hydrogen) atoms. The number of halogens is 12. The van der Waals surface area contributed by atoms with Crippen molar-refractivity contribution in [2.24, 2.45) is 0 Å². The molecule has 1 unspecified atom stereocenters. The van der Waals surface area contributed by atoms with Crippen LogP contribution >= 0.6 is 0 Å². The van der Waals surface area contributed by atoms with Gasteiger partial charge in [-0.25, -0.2) is 4.39 Å². The van der Waals surface area contributed by atoms with Gasteiger partial charge in [0.2, 0.25) is 0 Å². The zero-order chi connectivity index (χ0) is 30.1. The van der Waals surface area contributed by atoms with Gasteiger partial charge in [0.1, 0.15) is 17.3 Å². The van der Waals surface area contributed by atoms with Gasteiger partial charge in [-0.3, -0.25) is 0 Å². The van der Waals surface area contributed by atoms with Crippen molar-refractivity contribution in [3.63, 3.8) is 0 Å². The molecule has 3 aromatic rings. The lowest BCUT2D eigenvalue weighted by Crippen LogP contribution is -2.40. The predicted molar refractivity (Wildman–Crippen MR) is 116 cm³/mol. The molecular weight excluding hydrogens is 574 g/mol. The van der Waals surface area contributed by atoms with Gasteiger partial charge in [0.15, 0.2) is 6.10 Å². The molecule has 15 heteroatoms.